The summed E-state index contributed by atoms with van der Waals surface area (Å²) in [5.41, 5.74) is 0.738. The highest BCUT2D eigenvalue weighted by atomic mass is 32.2. The molecule has 0 aliphatic carbocycles. The van der Waals surface area contributed by atoms with Crippen molar-refractivity contribution in [3.63, 3.8) is 0 Å². The normalized spacial score (nSPS) is 12.2. The monoisotopic (exact) mass is 448 g/mol. The van der Waals surface area contributed by atoms with E-state index >= 15 is 0 Å². The van der Waals surface area contributed by atoms with Gasteiger partial charge in [0.05, 0.1) is 17.1 Å². The maximum atomic E-state index is 11.7. The van der Waals surface area contributed by atoms with Gasteiger partial charge in [-0.2, -0.15) is 4.68 Å². The second-order valence-corrected chi connectivity index (χ2v) is 10.1. The van der Waals surface area contributed by atoms with Crippen molar-refractivity contribution in [2.45, 2.75) is 31.8 Å². The summed E-state index contributed by atoms with van der Waals surface area (Å²) in [6.45, 7) is 9.70. The molecule has 0 bridgehead atoms. The van der Waals surface area contributed by atoms with Crippen molar-refractivity contribution in [2.24, 2.45) is 0 Å². The Morgan fingerprint density at radius 3 is 2.30 bits per heavy atom. The molecule has 30 heavy (non-hydrogen) atoms. The van der Waals surface area contributed by atoms with E-state index in [1.54, 1.807) is 40.3 Å². The Bertz CT molecular complexity index is 1010. The molecule has 2 aromatic heterocycles. The molecular formula is C20H28N6O2S2. The average Bonchev–Trinajstić information content (AvgIpc) is 3.40. The number of likely N-dealkylation sites (N-methyl/N-ethyl adjacent to an activating group) is 1. The van der Waals surface area contributed by atoms with Crippen LogP contribution in [0.5, 0.6) is 0 Å². The standard InChI is InChI=1S/C20H28N6O2S2/c1-4-24(5-2)12-13-25(15-18-7-6-14-29-18)16-20-21-22-23-26(20)17-8-10-19(11-9-17)30(3,27)28/h6-11,14H,4-5,12-13,15-16H2,1-3H3. The Hall–Kier alpha value is -2.14. The van der Waals surface area contributed by atoms with E-state index in [1.165, 1.54) is 11.1 Å². The quantitative estimate of drug-likeness (QED) is 0.445. The van der Waals surface area contributed by atoms with Gasteiger partial charge in [-0.25, -0.2) is 8.42 Å². The molecule has 2 heterocycles. The molecule has 162 valence electrons. The van der Waals surface area contributed by atoms with Crippen molar-refractivity contribution < 1.29 is 8.42 Å². The minimum atomic E-state index is -3.24. The van der Waals surface area contributed by atoms with Gasteiger partial charge in [-0.15, -0.1) is 16.4 Å². The van der Waals surface area contributed by atoms with Crippen molar-refractivity contribution in [3.8, 4) is 5.69 Å². The highest BCUT2D eigenvalue weighted by molar-refractivity contribution is 7.90. The fraction of sp³-hybridized carbons (Fsp3) is 0.450. The zero-order valence-corrected chi connectivity index (χ0v) is 19.2. The van der Waals surface area contributed by atoms with Crippen LogP contribution in [-0.2, 0) is 22.9 Å². The van der Waals surface area contributed by atoms with E-state index in [-0.39, 0.29) is 4.90 Å². The fourth-order valence-corrected chi connectivity index (χ4v) is 4.58. The molecule has 3 aromatic rings. The first kappa shape index (κ1) is 22.5. The van der Waals surface area contributed by atoms with Crippen LogP contribution in [0.1, 0.15) is 24.5 Å². The molecule has 0 spiro atoms. The Kier molecular flexibility index (Phi) is 7.70. The molecule has 0 saturated heterocycles. The van der Waals surface area contributed by atoms with Crippen LogP contribution in [0, 0.1) is 0 Å². The third-order valence-electron chi connectivity index (χ3n) is 4.99. The summed E-state index contributed by atoms with van der Waals surface area (Å²) in [5, 5.41) is 14.3. The second kappa shape index (κ2) is 10.3. The number of tetrazole rings is 1. The lowest BCUT2D eigenvalue weighted by atomic mass is 10.3. The first-order valence-electron chi connectivity index (χ1n) is 9.95. The van der Waals surface area contributed by atoms with Gasteiger partial charge in [0.1, 0.15) is 0 Å². The average molecular weight is 449 g/mol. The summed E-state index contributed by atoms with van der Waals surface area (Å²) in [4.78, 5) is 6.32. The first-order chi connectivity index (χ1) is 14.4. The van der Waals surface area contributed by atoms with E-state index in [4.69, 9.17) is 0 Å². The van der Waals surface area contributed by atoms with Crippen molar-refractivity contribution in [1.29, 1.82) is 0 Å². The van der Waals surface area contributed by atoms with Gasteiger partial charge in [0.15, 0.2) is 15.7 Å². The molecule has 0 aliphatic heterocycles. The number of nitrogens with zero attached hydrogens (tertiary/aromatic N) is 6. The van der Waals surface area contributed by atoms with Crippen molar-refractivity contribution in [2.75, 3.05) is 32.4 Å². The van der Waals surface area contributed by atoms with Gasteiger partial charge in [-0.05, 0) is 59.2 Å². The van der Waals surface area contributed by atoms with E-state index in [9.17, 15) is 8.42 Å². The number of aromatic nitrogens is 4. The fourth-order valence-electron chi connectivity index (χ4n) is 3.20. The third-order valence-corrected chi connectivity index (χ3v) is 6.98. The van der Waals surface area contributed by atoms with Crippen LogP contribution in [0.15, 0.2) is 46.7 Å². The molecule has 3 rings (SSSR count). The van der Waals surface area contributed by atoms with Crippen molar-refractivity contribution in [1.82, 2.24) is 30.0 Å². The predicted octanol–water partition coefficient (Wildman–Crippen LogP) is 2.47. The summed E-state index contributed by atoms with van der Waals surface area (Å²) >= 11 is 1.74. The SMILES string of the molecule is CCN(CC)CCN(Cc1cccs1)Cc1nnnn1-c1ccc(S(C)(=O)=O)cc1. The summed E-state index contributed by atoms with van der Waals surface area (Å²) < 4.78 is 25.1. The number of sulfone groups is 1. The maximum absolute atomic E-state index is 11.7. The van der Waals surface area contributed by atoms with Crippen LogP contribution >= 0.6 is 11.3 Å². The molecule has 10 heteroatoms. The van der Waals surface area contributed by atoms with Gasteiger partial charge in [0.25, 0.3) is 0 Å². The van der Waals surface area contributed by atoms with E-state index in [2.05, 4.69) is 56.7 Å². The van der Waals surface area contributed by atoms with Crippen molar-refractivity contribution in [3.05, 3.63) is 52.5 Å². The molecule has 0 fully saturated rings. The predicted molar refractivity (Wildman–Crippen MR) is 118 cm³/mol. The smallest absolute Gasteiger partial charge is 0.175 e. The number of hydrogen-bond acceptors (Lipinski definition) is 8. The van der Waals surface area contributed by atoms with Crippen LogP contribution in [-0.4, -0.2) is 70.9 Å². The van der Waals surface area contributed by atoms with Crippen LogP contribution in [0.4, 0.5) is 0 Å². The van der Waals surface area contributed by atoms with E-state index < -0.39 is 9.84 Å². The number of hydrogen-bond donors (Lipinski definition) is 0. The van der Waals surface area contributed by atoms with Crippen LogP contribution in [0.25, 0.3) is 5.69 Å². The topological polar surface area (TPSA) is 84.2 Å². The molecule has 0 radical (unpaired) electrons. The summed E-state index contributed by atoms with van der Waals surface area (Å²) in [6.07, 6.45) is 1.20. The first-order valence-corrected chi connectivity index (χ1v) is 12.7. The number of benzene rings is 1. The van der Waals surface area contributed by atoms with E-state index in [1.807, 2.05) is 0 Å². The lowest BCUT2D eigenvalue weighted by Crippen LogP contribution is -2.35. The molecule has 0 N–H and O–H groups in total. The molecule has 0 atom stereocenters. The Balaban J connectivity index is 1.78. The van der Waals surface area contributed by atoms with Gasteiger partial charge in [0.2, 0.25) is 0 Å². The summed E-state index contributed by atoms with van der Waals surface area (Å²) in [6, 6.07) is 10.8. The molecule has 8 nitrogen and oxygen atoms in total. The van der Waals surface area contributed by atoms with Gasteiger partial charge >= 0.3 is 0 Å². The highest BCUT2D eigenvalue weighted by Gasteiger charge is 2.16. The van der Waals surface area contributed by atoms with Crippen molar-refractivity contribution >= 4 is 21.2 Å². The second-order valence-electron chi connectivity index (χ2n) is 7.09. The van der Waals surface area contributed by atoms with E-state index in [0.29, 0.717) is 6.54 Å². The zero-order chi connectivity index (χ0) is 21.6. The summed E-state index contributed by atoms with van der Waals surface area (Å²) in [5.74, 6) is 0.721. The minimum Gasteiger partial charge on any atom is -0.303 e. The number of rotatable bonds is 11. The third kappa shape index (κ3) is 5.94. The van der Waals surface area contributed by atoms with Gasteiger partial charge < -0.3 is 4.90 Å². The zero-order valence-electron chi connectivity index (χ0n) is 17.6. The largest absolute Gasteiger partial charge is 0.303 e. The minimum absolute atomic E-state index is 0.277. The summed E-state index contributed by atoms with van der Waals surface area (Å²) in [7, 11) is -3.24. The highest BCUT2D eigenvalue weighted by Crippen LogP contribution is 2.17. The lowest BCUT2D eigenvalue weighted by molar-refractivity contribution is 0.199. The molecule has 0 aliphatic rings. The molecule has 0 saturated carbocycles. The van der Waals surface area contributed by atoms with Crippen LogP contribution < -0.4 is 0 Å². The lowest BCUT2D eigenvalue weighted by Gasteiger charge is -2.25. The maximum Gasteiger partial charge on any atom is 0.175 e. The van der Waals surface area contributed by atoms with Crippen LogP contribution in [0.3, 0.4) is 0 Å². The van der Waals surface area contributed by atoms with Gasteiger partial charge in [-0.1, -0.05) is 19.9 Å². The Morgan fingerprint density at radius 2 is 1.70 bits per heavy atom. The Labute approximate surface area is 182 Å². The molecule has 0 unspecified atom stereocenters. The van der Waals surface area contributed by atoms with E-state index in [0.717, 1.165) is 44.2 Å². The molecule has 0 amide bonds. The van der Waals surface area contributed by atoms with Gasteiger partial charge in [-0.3, -0.25) is 4.90 Å². The molecular weight excluding hydrogens is 420 g/mol. The van der Waals surface area contributed by atoms with Crippen LogP contribution in [0.2, 0.25) is 0 Å². The van der Waals surface area contributed by atoms with Gasteiger partial charge in [0, 0.05) is 30.8 Å². The molecule has 1 aromatic carbocycles. The number of thiophene rings is 1. The Morgan fingerprint density at radius 1 is 1.00 bits per heavy atom.